The van der Waals surface area contributed by atoms with Crippen molar-refractivity contribution in [2.45, 2.75) is 20.8 Å². The Balaban J connectivity index is 2.06. The zero-order chi connectivity index (χ0) is 19.6. The Morgan fingerprint density at radius 2 is 1.81 bits per heavy atom. The molecule has 1 saturated heterocycles. The predicted octanol–water partition coefficient (Wildman–Crippen LogP) is 2.82. The molecule has 6 nitrogen and oxygen atoms in total. The van der Waals surface area contributed by atoms with E-state index in [0.717, 1.165) is 54.6 Å². The third-order valence-corrected chi connectivity index (χ3v) is 5.13. The summed E-state index contributed by atoms with van der Waals surface area (Å²) in [7, 11) is 3.94. The fourth-order valence-electron chi connectivity index (χ4n) is 3.31. The highest BCUT2D eigenvalue weighted by molar-refractivity contribution is 5.97. The third-order valence-electron chi connectivity index (χ3n) is 5.13. The Hall–Kier alpha value is -2.47. The lowest BCUT2D eigenvalue weighted by Gasteiger charge is -2.33. The van der Waals surface area contributed by atoms with Crippen molar-refractivity contribution in [2.24, 2.45) is 5.92 Å². The van der Waals surface area contributed by atoms with Gasteiger partial charge in [0.25, 0.3) is 0 Å². The van der Waals surface area contributed by atoms with Crippen LogP contribution >= 0.6 is 0 Å². The molecule has 1 aromatic carbocycles. The molecular formula is C21H29N5O. The highest BCUT2D eigenvalue weighted by Gasteiger charge is 2.23. The number of carbonyl (C=O) groups excluding carboxylic acids is 1. The van der Waals surface area contributed by atoms with Gasteiger partial charge in [0.05, 0.1) is 17.6 Å². The second-order valence-corrected chi connectivity index (χ2v) is 7.56. The molecule has 1 aromatic heterocycles. The number of carbonyl (C=O) groups is 1. The van der Waals surface area contributed by atoms with Crippen molar-refractivity contribution in [2.75, 3.05) is 50.1 Å². The molecular weight excluding hydrogens is 338 g/mol. The molecule has 0 spiro atoms. The molecule has 1 fully saturated rings. The van der Waals surface area contributed by atoms with Crippen molar-refractivity contribution < 1.29 is 4.79 Å². The molecule has 1 aliphatic rings. The summed E-state index contributed by atoms with van der Waals surface area (Å²) >= 11 is 0. The van der Waals surface area contributed by atoms with Gasteiger partial charge in [0.2, 0.25) is 11.9 Å². The molecule has 0 unspecified atom stereocenters. The number of anilines is 2. The van der Waals surface area contributed by atoms with Gasteiger partial charge in [0.15, 0.2) is 0 Å². The lowest BCUT2D eigenvalue weighted by atomic mass is 10.0. The van der Waals surface area contributed by atoms with E-state index in [9.17, 15) is 4.79 Å². The molecule has 0 aliphatic carbocycles. The number of piperazine rings is 1. The number of aryl methyl sites for hydroxylation is 1. The normalized spacial score (nSPS) is 15.3. The van der Waals surface area contributed by atoms with E-state index in [-0.39, 0.29) is 11.8 Å². The Kier molecular flexibility index (Phi) is 5.75. The van der Waals surface area contributed by atoms with Gasteiger partial charge in [-0.2, -0.15) is 0 Å². The standard InChI is InChI=1S/C21H29N5O/c1-15(2)20(27)25(5)18-14-22-21(26-12-10-24(4)11-13-26)23-19(18)17-9-7-6-8-16(17)3/h6-9,14-15H,10-13H2,1-5H3. The molecule has 144 valence electrons. The van der Waals surface area contributed by atoms with Crippen LogP contribution in [0.3, 0.4) is 0 Å². The van der Waals surface area contributed by atoms with Crippen molar-refractivity contribution in [1.29, 1.82) is 0 Å². The number of hydrogen-bond acceptors (Lipinski definition) is 5. The summed E-state index contributed by atoms with van der Waals surface area (Å²) in [5.41, 5.74) is 3.73. The van der Waals surface area contributed by atoms with E-state index in [1.807, 2.05) is 26.0 Å². The zero-order valence-corrected chi connectivity index (χ0v) is 16.9. The summed E-state index contributed by atoms with van der Waals surface area (Å²) in [6, 6.07) is 8.15. The van der Waals surface area contributed by atoms with Gasteiger partial charge in [-0.25, -0.2) is 9.97 Å². The summed E-state index contributed by atoms with van der Waals surface area (Å²) in [6.07, 6.45) is 1.79. The molecule has 0 bridgehead atoms. The van der Waals surface area contributed by atoms with Crippen LogP contribution in [-0.4, -0.2) is 61.0 Å². The number of aromatic nitrogens is 2. The van der Waals surface area contributed by atoms with Gasteiger partial charge in [0, 0.05) is 44.7 Å². The zero-order valence-electron chi connectivity index (χ0n) is 16.9. The van der Waals surface area contributed by atoms with E-state index < -0.39 is 0 Å². The third kappa shape index (κ3) is 4.11. The highest BCUT2D eigenvalue weighted by atomic mass is 16.2. The Morgan fingerprint density at radius 3 is 2.44 bits per heavy atom. The quantitative estimate of drug-likeness (QED) is 0.832. The monoisotopic (exact) mass is 367 g/mol. The lowest BCUT2D eigenvalue weighted by Crippen LogP contribution is -2.45. The van der Waals surface area contributed by atoms with Gasteiger partial charge in [-0.15, -0.1) is 0 Å². The van der Waals surface area contributed by atoms with Gasteiger partial charge >= 0.3 is 0 Å². The van der Waals surface area contributed by atoms with Crippen LogP contribution in [-0.2, 0) is 4.79 Å². The molecule has 27 heavy (non-hydrogen) atoms. The molecule has 0 saturated carbocycles. The minimum atomic E-state index is -0.0861. The Bertz CT molecular complexity index is 812. The van der Waals surface area contributed by atoms with Crippen LogP contribution in [0.5, 0.6) is 0 Å². The van der Waals surface area contributed by atoms with E-state index in [0.29, 0.717) is 0 Å². The fourth-order valence-corrected chi connectivity index (χ4v) is 3.31. The number of likely N-dealkylation sites (N-methyl/N-ethyl adjacent to an activating group) is 1. The highest BCUT2D eigenvalue weighted by Crippen LogP contribution is 2.32. The summed E-state index contributed by atoms with van der Waals surface area (Å²) in [5.74, 6) is 0.702. The maximum atomic E-state index is 12.6. The van der Waals surface area contributed by atoms with E-state index >= 15 is 0 Å². The summed E-state index contributed by atoms with van der Waals surface area (Å²) < 4.78 is 0. The van der Waals surface area contributed by atoms with Crippen LogP contribution in [0.1, 0.15) is 19.4 Å². The molecule has 0 N–H and O–H groups in total. The molecule has 1 amide bonds. The van der Waals surface area contributed by atoms with Crippen molar-refractivity contribution in [3.63, 3.8) is 0 Å². The largest absolute Gasteiger partial charge is 0.338 e. The summed E-state index contributed by atoms with van der Waals surface area (Å²) in [5, 5.41) is 0. The van der Waals surface area contributed by atoms with Crippen LogP contribution in [0, 0.1) is 12.8 Å². The van der Waals surface area contributed by atoms with E-state index in [1.54, 1.807) is 18.1 Å². The molecule has 3 rings (SSSR count). The Morgan fingerprint density at radius 1 is 1.15 bits per heavy atom. The number of amides is 1. The lowest BCUT2D eigenvalue weighted by molar-refractivity contribution is -0.121. The van der Waals surface area contributed by atoms with Crippen molar-refractivity contribution in [3.8, 4) is 11.3 Å². The first kappa shape index (κ1) is 19.3. The average molecular weight is 367 g/mol. The number of hydrogen-bond donors (Lipinski definition) is 0. The molecule has 1 aliphatic heterocycles. The van der Waals surface area contributed by atoms with Crippen LogP contribution < -0.4 is 9.80 Å². The summed E-state index contributed by atoms with van der Waals surface area (Å²) in [4.78, 5) is 28.3. The number of nitrogens with zero attached hydrogens (tertiary/aromatic N) is 5. The van der Waals surface area contributed by atoms with Gasteiger partial charge in [-0.1, -0.05) is 38.1 Å². The fraction of sp³-hybridized carbons (Fsp3) is 0.476. The molecule has 6 heteroatoms. The van der Waals surface area contributed by atoms with Gasteiger partial charge in [-0.05, 0) is 19.5 Å². The Labute approximate surface area is 161 Å². The van der Waals surface area contributed by atoms with Crippen molar-refractivity contribution in [3.05, 3.63) is 36.0 Å². The van der Waals surface area contributed by atoms with E-state index in [2.05, 4.69) is 40.9 Å². The van der Waals surface area contributed by atoms with Gasteiger partial charge in [0.1, 0.15) is 0 Å². The van der Waals surface area contributed by atoms with E-state index in [1.165, 1.54) is 0 Å². The molecule has 2 heterocycles. The number of rotatable bonds is 4. The average Bonchev–Trinajstić information content (AvgIpc) is 2.67. The second-order valence-electron chi connectivity index (χ2n) is 7.56. The maximum absolute atomic E-state index is 12.6. The minimum Gasteiger partial charge on any atom is -0.338 e. The molecule has 0 atom stereocenters. The SMILES string of the molecule is Cc1ccccc1-c1nc(N2CCN(C)CC2)ncc1N(C)C(=O)C(C)C. The summed E-state index contributed by atoms with van der Waals surface area (Å²) in [6.45, 7) is 9.69. The first-order valence-electron chi connectivity index (χ1n) is 9.52. The second kappa shape index (κ2) is 8.05. The minimum absolute atomic E-state index is 0.0563. The van der Waals surface area contributed by atoms with Crippen LogP contribution in [0.25, 0.3) is 11.3 Å². The van der Waals surface area contributed by atoms with Crippen LogP contribution in [0.2, 0.25) is 0 Å². The predicted molar refractivity (Wildman–Crippen MR) is 110 cm³/mol. The topological polar surface area (TPSA) is 52.6 Å². The van der Waals surface area contributed by atoms with Gasteiger partial charge < -0.3 is 14.7 Å². The van der Waals surface area contributed by atoms with Crippen molar-refractivity contribution >= 4 is 17.5 Å². The van der Waals surface area contributed by atoms with E-state index in [4.69, 9.17) is 4.98 Å². The number of benzene rings is 1. The molecule has 0 radical (unpaired) electrons. The molecule has 2 aromatic rings. The van der Waals surface area contributed by atoms with Crippen LogP contribution in [0.15, 0.2) is 30.5 Å². The van der Waals surface area contributed by atoms with Crippen molar-refractivity contribution in [1.82, 2.24) is 14.9 Å². The first-order valence-corrected chi connectivity index (χ1v) is 9.52. The smallest absolute Gasteiger partial charge is 0.229 e. The maximum Gasteiger partial charge on any atom is 0.229 e. The van der Waals surface area contributed by atoms with Gasteiger partial charge in [-0.3, -0.25) is 4.79 Å². The first-order chi connectivity index (χ1) is 12.9. The van der Waals surface area contributed by atoms with Crippen LogP contribution in [0.4, 0.5) is 11.6 Å².